The molecule has 0 spiro atoms. The molecule has 0 unspecified atom stereocenters. The Morgan fingerprint density at radius 2 is 1.18 bits per heavy atom. The lowest BCUT2D eigenvalue weighted by Crippen LogP contribution is -2.61. The molecule has 1 nitrogen and oxygen atoms in total. The van der Waals surface area contributed by atoms with Gasteiger partial charge in [0.15, 0.2) is 0 Å². The fraction of sp³-hybridized carbons (Fsp3) is 0.857. The standard InChI is InChI=1S/C7H5F9O/c1-3(17)2-4(8,9)5(10,11)6(12,13)7(14,15)16/h2H2,1H3. The molecule has 0 bridgehead atoms. The minimum absolute atomic E-state index is 0.357. The van der Waals surface area contributed by atoms with Crippen LogP contribution in [-0.4, -0.2) is 29.7 Å². The van der Waals surface area contributed by atoms with Gasteiger partial charge in [-0.05, 0) is 6.92 Å². The number of rotatable bonds is 4. The van der Waals surface area contributed by atoms with Crippen molar-refractivity contribution in [3.63, 3.8) is 0 Å². The van der Waals surface area contributed by atoms with E-state index in [1.54, 1.807) is 0 Å². The van der Waals surface area contributed by atoms with E-state index < -0.39 is 36.1 Å². The Morgan fingerprint density at radius 3 is 1.41 bits per heavy atom. The number of hydrogen-bond donors (Lipinski definition) is 0. The zero-order valence-electron chi connectivity index (χ0n) is 8.02. The van der Waals surface area contributed by atoms with E-state index in [-0.39, 0.29) is 0 Å². The van der Waals surface area contributed by atoms with E-state index >= 15 is 0 Å². The monoisotopic (exact) mass is 276 g/mol. The van der Waals surface area contributed by atoms with Gasteiger partial charge in [-0.3, -0.25) is 4.79 Å². The third kappa shape index (κ3) is 2.65. The van der Waals surface area contributed by atoms with Gasteiger partial charge < -0.3 is 0 Å². The second-order valence-electron chi connectivity index (χ2n) is 3.23. The lowest BCUT2D eigenvalue weighted by molar-refractivity contribution is -0.395. The second-order valence-corrected chi connectivity index (χ2v) is 3.23. The van der Waals surface area contributed by atoms with E-state index in [9.17, 15) is 44.3 Å². The van der Waals surface area contributed by atoms with E-state index in [4.69, 9.17) is 0 Å². The molecule has 0 aliphatic carbocycles. The molecule has 0 heterocycles. The molecule has 0 radical (unpaired) electrons. The second kappa shape index (κ2) is 4.05. The number of carbonyl (C=O) groups excluding carboxylic acids is 1. The predicted molar refractivity (Wildman–Crippen MR) is 36.2 cm³/mol. The van der Waals surface area contributed by atoms with Crippen LogP contribution in [0, 0.1) is 0 Å². The number of carbonyl (C=O) groups is 1. The predicted octanol–water partition coefficient (Wildman–Crippen LogP) is 3.43. The van der Waals surface area contributed by atoms with Gasteiger partial charge in [0.1, 0.15) is 5.78 Å². The van der Waals surface area contributed by atoms with Crippen molar-refractivity contribution in [1.82, 2.24) is 0 Å². The molecule has 0 aromatic carbocycles. The fourth-order valence-corrected chi connectivity index (χ4v) is 0.831. The topological polar surface area (TPSA) is 17.1 Å². The number of halogens is 9. The average molecular weight is 276 g/mol. The van der Waals surface area contributed by atoms with Gasteiger partial charge in [0.2, 0.25) is 0 Å². The first-order valence-electron chi connectivity index (χ1n) is 3.86. The largest absolute Gasteiger partial charge is 0.460 e. The highest BCUT2D eigenvalue weighted by Crippen LogP contribution is 2.53. The van der Waals surface area contributed by atoms with Crippen LogP contribution in [0.3, 0.4) is 0 Å². The maximum Gasteiger partial charge on any atom is 0.460 e. The van der Waals surface area contributed by atoms with Gasteiger partial charge in [-0.25, -0.2) is 0 Å². The number of ketones is 1. The van der Waals surface area contributed by atoms with E-state index in [1.165, 1.54) is 0 Å². The molecule has 0 N–H and O–H groups in total. The molecule has 0 saturated carbocycles. The van der Waals surface area contributed by atoms with Crippen LogP contribution in [0.5, 0.6) is 0 Å². The smallest absolute Gasteiger partial charge is 0.300 e. The van der Waals surface area contributed by atoms with Crippen molar-refractivity contribution in [3.05, 3.63) is 0 Å². The van der Waals surface area contributed by atoms with Crippen LogP contribution >= 0.6 is 0 Å². The van der Waals surface area contributed by atoms with Crippen LogP contribution in [-0.2, 0) is 4.79 Å². The van der Waals surface area contributed by atoms with Gasteiger partial charge in [-0.1, -0.05) is 0 Å². The maximum atomic E-state index is 12.5. The van der Waals surface area contributed by atoms with E-state index in [0.717, 1.165) is 0 Å². The van der Waals surface area contributed by atoms with Crippen molar-refractivity contribution in [1.29, 1.82) is 0 Å². The summed E-state index contributed by atoms with van der Waals surface area (Å²) in [6.45, 7) is 0.357. The first kappa shape index (κ1) is 16.0. The van der Waals surface area contributed by atoms with Crippen LogP contribution < -0.4 is 0 Å². The molecule has 10 heteroatoms. The molecule has 0 saturated heterocycles. The molecule has 0 atom stereocenters. The molecular formula is C7H5F9O. The summed E-state index contributed by atoms with van der Waals surface area (Å²) in [6.07, 6.45) is -9.26. The molecule has 0 fully saturated rings. The molecule has 0 aromatic heterocycles. The van der Waals surface area contributed by atoms with Gasteiger partial charge in [-0.2, -0.15) is 39.5 Å². The van der Waals surface area contributed by atoms with Crippen LogP contribution in [0.15, 0.2) is 0 Å². The molecular weight excluding hydrogens is 271 g/mol. The van der Waals surface area contributed by atoms with Crippen LogP contribution in [0.2, 0.25) is 0 Å². The third-order valence-electron chi connectivity index (χ3n) is 1.68. The Bertz CT molecular complexity index is 303. The average Bonchev–Trinajstić information content (AvgIpc) is 1.98. The van der Waals surface area contributed by atoms with E-state index in [0.29, 0.717) is 6.92 Å². The lowest BCUT2D eigenvalue weighted by Gasteiger charge is -2.33. The molecule has 0 rings (SSSR count). The first-order chi connectivity index (χ1) is 7.17. The van der Waals surface area contributed by atoms with Crippen LogP contribution in [0.1, 0.15) is 13.3 Å². The summed E-state index contributed by atoms with van der Waals surface area (Å²) >= 11 is 0. The molecule has 0 aromatic rings. The zero-order chi connectivity index (χ0) is 14.3. The van der Waals surface area contributed by atoms with E-state index in [2.05, 4.69) is 0 Å². The summed E-state index contributed by atoms with van der Waals surface area (Å²) in [5.74, 6) is -21.1. The molecule has 0 aliphatic heterocycles. The third-order valence-corrected chi connectivity index (χ3v) is 1.68. The highest BCUT2D eigenvalue weighted by molar-refractivity contribution is 5.76. The Hall–Kier alpha value is -0.960. The van der Waals surface area contributed by atoms with E-state index in [1.807, 2.05) is 0 Å². The Balaban J connectivity index is 5.47. The molecule has 17 heavy (non-hydrogen) atoms. The quantitative estimate of drug-likeness (QED) is 0.719. The Morgan fingerprint density at radius 1 is 0.824 bits per heavy atom. The van der Waals surface area contributed by atoms with Crippen molar-refractivity contribution in [3.8, 4) is 0 Å². The van der Waals surface area contributed by atoms with Crippen molar-refractivity contribution >= 4 is 5.78 Å². The van der Waals surface area contributed by atoms with Crippen LogP contribution in [0.25, 0.3) is 0 Å². The fourth-order valence-electron chi connectivity index (χ4n) is 0.831. The van der Waals surface area contributed by atoms with Crippen molar-refractivity contribution < 1.29 is 44.3 Å². The van der Waals surface area contributed by atoms with Crippen molar-refractivity contribution in [2.24, 2.45) is 0 Å². The maximum absolute atomic E-state index is 12.5. The van der Waals surface area contributed by atoms with Gasteiger partial charge in [0, 0.05) is 0 Å². The van der Waals surface area contributed by atoms with Crippen LogP contribution in [0.4, 0.5) is 39.5 Å². The first-order valence-corrected chi connectivity index (χ1v) is 3.86. The van der Waals surface area contributed by atoms with Crippen molar-refractivity contribution in [2.45, 2.75) is 37.3 Å². The highest BCUT2D eigenvalue weighted by atomic mass is 19.4. The minimum atomic E-state index is -6.93. The Labute approximate surface area is 88.6 Å². The van der Waals surface area contributed by atoms with Gasteiger partial charge in [0.25, 0.3) is 0 Å². The summed E-state index contributed by atoms with van der Waals surface area (Å²) in [6, 6.07) is 0. The summed E-state index contributed by atoms with van der Waals surface area (Å²) in [4.78, 5) is 10.1. The van der Waals surface area contributed by atoms with Gasteiger partial charge >= 0.3 is 23.9 Å². The van der Waals surface area contributed by atoms with Crippen molar-refractivity contribution in [2.75, 3.05) is 0 Å². The molecule has 0 amide bonds. The minimum Gasteiger partial charge on any atom is -0.300 e. The Kier molecular flexibility index (Phi) is 3.83. The van der Waals surface area contributed by atoms with Gasteiger partial charge in [0.05, 0.1) is 6.42 Å². The highest BCUT2D eigenvalue weighted by Gasteiger charge is 2.81. The zero-order valence-corrected chi connectivity index (χ0v) is 8.02. The number of hydrogen-bond acceptors (Lipinski definition) is 1. The number of Topliss-reactive ketones (excluding diaryl/α,β-unsaturated/α-hetero) is 1. The summed E-state index contributed by atoms with van der Waals surface area (Å²) in [5.41, 5.74) is 0. The molecule has 102 valence electrons. The van der Waals surface area contributed by atoms with Gasteiger partial charge in [-0.15, -0.1) is 0 Å². The summed E-state index contributed by atoms with van der Waals surface area (Å²) in [5, 5.41) is 0. The lowest BCUT2D eigenvalue weighted by atomic mass is 9.99. The summed E-state index contributed by atoms with van der Waals surface area (Å²) in [7, 11) is 0. The molecule has 0 aliphatic rings. The number of alkyl halides is 9. The SMILES string of the molecule is CC(=O)CC(F)(F)C(F)(F)C(F)(F)C(F)(F)F. The normalized spacial score (nSPS) is 14.9. The summed E-state index contributed by atoms with van der Waals surface area (Å²) < 4.78 is 109.